The Hall–Kier alpha value is 0.347. The van der Waals surface area contributed by atoms with Crippen LogP contribution in [0.4, 0.5) is 0 Å². The number of aliphatic hydroxyl groups excluding tert-OH is 2. The summed E-state index contributed by atoms with van der Waals surface area (Å²) in [5, 5.41) is 18.0. The molecule has 6 heteroatoms. The molecule has 0 fully saturated rings. The number of aliphatic hydroxyl groups is 2. The molecule has 0 aromatic rings. The lowest BCUT2D eigenvalue weighted by molar-refractivity contribution is 0.0151. The van der Waals surface area contributed by atoms with E-state index in [0.717, 1.165) is 0 Å². The van der Waals surface area contributed by atoms with Gasteiger partial charge in [-0.2, -0.15) is 0 Å². The third-order valence-corrected chi connectivity index (χ3v) is 8.99. The SMILES string of the molecule is CO[C@H](CCO[Si](C)(C)C(C)(C)C)[C@H](Cl)[C@H](O)CO. The molecule has 0 aliphatic carbocycles. The minimum absolute atomic E-state index is 0.167. The topological polar surface area (TPSA) is 58.9 Å². The third kappa shape index (κ3) is 6.10. The van der Waals surface area contributed by atoms with Crippen LogP contribution in [0.15, 0.2) is 0 Å². The van der Waals surface area contributed by atoms with Crippen molar-refractivity contribution >= 4 is 19.9 Å². The van der Waals surface area contributed by atoms with E-state index in [2.05, 4.69) is 33.9 Å². The van der Waals surface area contributed by atoms with Crippen molar-refractivity contribution in [2.75, 3.05) is 20.3 Å². The normalized spacial score (nSPS) is 18.2. The van der Waals surface area contributed by atoms with E-state index in [0.29, 0.717) is 13.0 Å². The second kappa shape index (κ2) is 7.95. The van der Waals surface area contributed by atoms with Gasteiger partial charge in [-0.3, -0.25) is 0 Å². The van der Waals surface area contributed by atoms with Crippen LogP contribution >= 0.6 is 11.6 Å². The molecule has 116 valence electrons. The fourth-order valence-corrected chi connectivity index (χ4v) is 2.77. The molecule has 0 unspecified atom stereocenters. The zero-order valence-corrected chi connectivity index (χ0v) is 14.7. The molecule has 0 spiro atoms. The largest absolute Gasteiger partial charge is 0.417 e. The number of halogens is 1. The Morgan fingerprint density at radius 3 is 2.16 bits per heavy atom. The van der Waals surface area contributed by atoms with Crippen molar-refractivity contribution in [3.8, 4) is 0 Å². The fraction of sp³-hybridized carbons (Fsp3) is 1.00. The van der Waals surface area contributed by atoms with Gasteiger partial charge in [0.1, 0.15) is 0 Å². The lowest BCUT2D eigenvalue weighted by atomic mass is 10.1. The van der Waals surface area contributed by atoms with E-state index in [9.17, 15) is 5.11 Å². The summed E-state index contributed by atoms with van der Waals surface area (Å²) in [6.45, 7) is 11.1. The highest BCUT2D eigenvalue weighted by Gasteiger charge is 2.37. The maximum atomic E-state index is 9.52. The molecule has 0 amide bonds. The zero-order valence-electron chi connectivity index (χ0n) is 12.9. The first kappa shape index (κ1) is 19.3. The summed E-state index contributed by atoms with van der Waals surface area (Å²) in [4.78, 5) is 0. The molecule has 0 aromatic heterocycles. The van der Waals surface area contributed by atoms with Crippen LogP contribution < -0.4 is 0 Å². The van der Waals surface area contributed by atoms with Gasteiger partial charge < -0.3 is 19.4 Å². The van der Waals surface area contributed by atoms with Crippen LogP contribution in [-0.2, 0) is 9.16 Å². The van der Waals surface area contributed by atoms with Gasteiger partial charge >= 0.3 is 0 Å². The highest BCUT2D eigenvalue weighted by molar-refractivity contribution is 6.74. The third-order valence-electron chi connectivity index (χ3n) is 3.88. The van der Waals surface area contributed by atoms with E-state index >= 15 is 0 Å². The first-order chi connectivity index (χ1) is 8.56. The van der Waals surface area contributed by atoms with Crippen molar-refractivity contribution in [1.82, 2.24) is 0 Å². The molecule has 0 radical (unpaired) electrons. The molecule has 0 heterocycles. The van der Waals surface area contributed by atoms with E-state index < -0.39 is 19.8 Å². The molecule has 0 bridgehead atoms. The van der Waals surface area contributed by atoms with Crippen molar-refractivity contribution in [2.45, 2.75) is 62.9 Å². The monoisotopic (exact) mass is 312 g/mol. The van der Waals surface area contributed by atoms with E-state index in [1.807, 2.05) is 0 Å². The summed E-state index contributed by atoms with van der Waals surface area (Å²) in [6, 6.07) is 0. The van der Waals surface area contributed by atoms with E-state index in [1.165, 1.54) is 0 Å². The quantitative estimate of drug-likeness (QED) is 0.533. The Balaban J connectivity index is 4.31. The van der Waals surface area contributed by atoms with Gasteiger partial charge in [-0.1, -0.05) is 20.8 Å². The number of methoxy groups -OCH3 is 1. The van der Waals surface area contributed by atoms with Gasteiger partial charge in [0.05, 0.1) is 24.2 Å². The first-order valence-electron chi connectivity index (χ1n) is 6.66. The number of ether oxygens (including phenoxy) is 1. The van der Waals surface area contributed by atoms with Gasteiger partial charge in [0, 0.05) is 13.7 Å². The van der Waals surface area contributed by atoms with Gasteiger partial charge in [-0.05, 0) is 24.6 Å². The molecule has 0 aromatic carbocycles. The van der Waals surface area contributed by atoms with Gasteiger partial charge in [-0.15, -0.1) is 11.6 Å². The average Bonchev–Trinajstić information content (AvgIpc) is 2.31. The lowest BCUT2D eigenvalue weighted by Crippen LogP contribution is -2.42. The lowest BCUT2D eigenvalue weighted by Gasteiger charge is -2.36. The second-order valence-electron chi connectivity index (χ2n) is 6.37. The zero-order chi connectivity index (χ0) is 15.3. The molecule has 2 N–H and O–H groups in total. The molecule has 4 nitrogen and oxygen atoms in total. The van der Waals surface area contributed by atoms with Gasteiger partial charge in [0.2, 0.25) is 0 Å². The van der Waals surface area contributed by atoms with Crippen molar-refractivity contribution in [1.29, 1.82) is 0 Å². The van der Waals surface area contributed by atoms with Gasteiger partial charge in [-0.25, -0.2) is 0 Å². The molecular weight excluding hydrogens is 284 g/mol. The number of hydrogen-bond acceptors (Lipinski definition) is 4. The van der Waals surface area contributed by atoms with Crippen molar-refractivity contribution in [2.24, 2.45) is 0 Å². The number of rotatable bonds is 8. The predicted molar refractivity (Wildman–Crippen MR) is 81.3 cm³/mol. The first-order valence-corrected chi connectivity index (χ1v) is 10.0. The summed E-state index contributed by atoms with van der Waals surface area (Å²) < 4.78 is 11.3. The van der Waals surface area contributed by atoms with Crippen LogP contribution in [0.5, 0.6) is 0 Å². The molecule has 0 aliphatic heterocycles. The maximum absolute atomic E-state index is 9.52. The Labute approximate surface area is 123 Å². The fourth-order valence-electron chi connectivity index (χ4n) is 1.40. The Morgan fingerprint density at radius 1 is 1.26 bits per heavy atom. The summed E-state index contributed by atoms with van der Waals surface area (Å²) in [7, 11) is -0.213. The smallest absolute Gasteiger partial charge is 0.191 e. The Morgan fingerprint density at radius 2 is 1.79 bits per heavy atom. The summed E-state index contributed by atoms with van der Waals surface area (Å²) in [6.07, 6.45) is -0.693. The van der Waals surface area contributed by atoms with Crippen LogP contribution in [0.25, 0.3) is 0 Å². The molecular formula is C13H29ClO4Si. The average molecular weight is 313 g/mol. The van der Waals surface area contributed by atoms with Crippen molar-refractivity contribution < 1.29 is 19.4 Å². The van der Waals surface area contributed by atoms with E-state index in [4.69, 9.17) is 25.9 Å². The summed E-state index contributed by atoms with van der Waals surface area (Å²) >= 11 is 6.06. The standard InChI is InChI=1S/C13H29ClO4Si/c1-13(2,3)19(5,6)18-8-7-11(17-4)12(14)10(16)9-15/h10-12,15-16H,7-9H2,1-6H3/t10-,11-,12-/m1/s1. The van der Waals surface area contributed by atoms with E-state index in [1.54, 1.807) is 7.11 Å². The van der Waals surface area contributed by atoms with Crippen molar-refractivity contribution in [3.05, 3.63) is 0 Å². The second-order valence-corrected chi connectivity index (χ2v) is 11.7. The molecule has 0 rings (SSSR count). The summed E-state index contributed by atoms with van der Waals surface area (Å²) in [5.41, 5.74) is 0. The minimum Gasteiger partial charge on any atom is -0.417 e. The molecule has 0 aliphatic rings. The number of hydrogen-bond donors (Lipinski definition) is 2. The van der Waals surface area contributed by atoms with Gasteiger partial charge in [0.15, 0.2) is 8.32 Å². The highest BCUT2D eigenvalue weighted by atomic mass is 35.5. The van der Waals surface area contributed by atoms with Crippen LogP contribution in [-0.4, -0.2) is 56.4 Å². The molecule has 0 saturated heterocycles. The van der Waals surface area contributed by atoms with Crippen LogP contribution in [0.1, 0.15) is 27.2 Å². The van der Waals surface area contributed by atoms with Crippen molar-refractivity contribution in [3.63, 3.8) is 0 Å². The molecule has 3 atom stereocenters. The van der Waals surface area contributed by atoms with E-state index in [-0.39, 0.29) is 17.7 Å². The number of alkyl halides is 1. The Bertz CT molecular complexity index is 256. The van der Waals surface area contributed by atoms with Gasteiger partial charge in [0.25, 0.3) is 0 Å². The predicted octanol–water partition coefficient (Wildman–Crippen LogP) is 2.37. The molecule has 19 heavy (non-hydrogen) atoms. The minimum atomic E-state index is -1.77. The maximum Gasteiger partial charge on any atom is 0.191 e. The summed E-state index contributed by atoms with van der Waals surface area (Å²) in [5.74, 6) is 0. The Kier molecular flexibility index (Phi) is 8.10. The van der Waals surface area contributed by atoms with Crippen LogP contribution in [0.3, 0.4) is 0 Å². The van der Waals surface area contributed by atoms with Crippen LogP contribution in [0, 0.1) is 0 Å². The highest BCUT2D eigenvalue weighted by Crippen LogP contribution is 2.36. The molecule has 0 saturated carbocycles. The van der Waals surface area contributed by atoms with Crippen LogP contribution in [0.2, 0.25) is 18.1 Å².